The maximum Gasteiger partial charge on any atom is 0.295 e. The summed E-state index contributed by atoms with van der Waals surface area (Å²) in [6.45, 7) is 9.00. The van der Waals surface area contributed by atoms with Crippen LogP contribution in [0.3, 0.4) is 0 Å². The fourth-order valence-electron chi connectivity index (χ4n) is 3.16. The molecule has 0 aromatic heterocycles. The zero-order valence-corrected chi connectivity index (χ0v) is 14.6. The van der Waals surface area contributed by atoms with Gasteiger partial charge in [0, 0.05) is 30.7 Å². The summed E-state index contributed by atoms with van der Waals surface area (Å²) in [7, 11) is -2.91. The Balaban J connectivity index is 2.05. The molecule has 21 heavy (non-hydrogen) atoms. The lowest BCUT2D eigenvalue weighted by molar-refractivity contribution is -0.117. The van der Waals surface area contributed by atoms with Crippen molar-refractivity contribution in [2.45, 2.75) is 71.4 Å². The van der Waals surface area contributed by atoms with Crippen LogP contribution in [0.1, 0.15) is 59.8 Å². The Morgan fingerprint density at radius 1 is 1.38 bits per heavy atom. The zero-order valence-electron chi connectivity index (χ0n) is 13.7. The molecule has 1 aliphatic heterocycles. The summed E-state index contributed by atoms with van der Waals surface area (Å²) < 4.78 is 21.0. The Kier molecular flexibility index (Phi) is 5.12. The average Bonchev–Trinajstić information content (AvgIpc) is 2.72. The van der Waals surface area contributed by atoms with Gasteiger partial charge in [-0.15, -0.1) is 0 Å². The topological polar surface area (TPSA) is 46.6 Å². The molecule has 1 saturated heterocycles. The Labute approximate surface area is 128 Å². The van der Waals surface area contributed by atoms with Gasteiger partial charge in [0.1, 0.15) is 5.78 Å². The van der Waals surface area contributed by atoms with E-state index in [1.54, 1.807) is 5.82 Å². The van der Waals surface area contributed by atoms with Crippen LogP contribution >= 0.6 is 7.52 Å². The van der Waals surface area contributed by atoms with E-state index in [9.17, 15) is 9.36 Å². The summed E-state index contributed by atoms with van der Waals surface area (Å²) in [6, 6.07) is 0. The van der Waals surface area contributed by atoms with Gasteiger partial charge in [0.25, 0.3) is 7.52 Å². The SMILES string of the molecule is C[C@H]1CCN(C(C)(C)C)[P@@](=O)(/C=C/CC2CCC(=O)C2)O1. The molecule has 0 aromatic carbocycles. The Hall–Kier alpha value is -0.440. The van der Waals surface area contributed by atoms with Crippen LogP contribution in [-0.4, -0.2) is 28.6 Å². The van der Waals surface area contributed by atoms with Gasteiger partial charge in [-0.1, -0.05) is 6.08 Å². The Morgan fingerprint density at radius 2 is 2.10 bits per heavy atom. The standard InChI is InChI=1S/C16H28NO3P/c1-13-9-10-17(16(2,3)4)21(19,20-13)11-5-6-14-7-8-15(18)12-14/h5,11,13-14H,6-10,12H2,1-4H3/b11-5+/t13-,14?,21+/m0/s1. The third-order valence-corrected chi connectivity index (χ3v) is 7.02. The van der Waals surface area contributed by atoms with Crippen molar-refractivity contribution in [3.05, 3.63) is 11.9 Å². The van der Waals surface area contributed by atoms with Crippen LogP contribution in [0.5, 0.6) is 0 Å². The van der Waals surface area contributed by atoms with E-state index >= 15 is 0 Å². The molecular weight excluding hydrogens is 285 g/mol. The number of hydrogen-bond acceptors (Lipinski definition) is 3. The first-order valence-electron chi connectivity index (χ1n) is 7.96. The van der Waals surface area contributed by atoms with Crippen LogP contribution in [-0.2, 0) is 13.9 Å². The van der Waals surface area contributed by atoms with E-state index in [1.165, 1.54) is 0 Å². The van der Waals surface area contributed by atoms with Crippen molar-refractivity contribution in [1.82, 2.24) is 4.67 Å². The predicted molar refractivity (Wildman–Crippen MR) is 85.3 cm³/mol. The van der Waals surface area contributed by atoms with Gasteiger partial charge < -0.3 is 4.52 Å². The van der Waals surface area contributed by atoms with Crippen molar-refractivity contribution >= 4 is 13.3 Å². The highest BCUT2D eigenvalue weighted by atomic mass is 31.2. The minimum atomic E-state index is -2.91. The minimum Gasteiger partial charge on any atom is -0.311 e. The highest BCUT2D eigenvalue weighted by Crippen LogP contribution is 2.59. The molecule has 0 radical (unpaired) electrons. The second-order valence-corrected chi connectivity index (χ2v) is 9.45. The van der Waals surface area contributed by atoms with E-state index in [2.05, 4.69) is 20.8 Å². The summed E-state index contributed by atoms with van der Waals surface area (Å²) in [5, 5.41) is 0. The first-order valence-corrected chi connectivity index (χ1v) is 9.61. The molecule has 1 heterocycles. The van der Waals surface area contributed by atoms with Gasteiger partial charge in [0.05, 0.1) is 6.10 Å². The molecule has 0 N–H and O–H groups in total. The first-order chi connectivity index (χ1) is 9.71. The quantitative estimate of drug-likeness (QED) is 0.726. The summed E-state index contributed by atoms with van der Waals surface area (Å²) in [5.41, 5.74) is -0.177. The van der Waals surface area contributed by atoms with E-state index in [0.717, 1.165) is 25.8 Å². The van der Waals surface area contributed by atoms with Crippen molar-refractivity contribution in [3.63, 3.8) is 0 Å². The van der Waals surface area contributed by atoms with Gasteiger partial charge in [-0.05, 0) is 52.9 Å². The number of carbonyl (C=O) groups excluding carboxylic acids is 1. The molecule has 4 nitrogen and oxygen atoms in total. The predicted octanol–water partition coefficient (Wildman–Crippen LogP) is 4.36. The molecule has 3 atom stereocenters. The molecule has 0 spiro atoms. The third-order valence-electron chi connectivity index (χ3n) is 4.30. The van der Waals surface area contributed by atoms with E-state index in [4.69, 9.17) is 4.52 Å². The Bertz CT molecular complexity index is 467. The largest absolute Gasteiger partial charge is 0.311 e. The van der Waals surface area contributed by atoms with Gasteiger partial charge in [-0.25, -0.2) is 4.67 Å². The molecule has 5 heteroatoms. The molecule has 0 aromatic rings. The maximum atomic E-state index is 13.2. The van der Waals surface area contributed by atoms with Crippen LogP contribution < -0.4 is 0 Å². The summed E-state index contributed by atoms with van der Waals surface area (Å²) >= 11 is 0. The van der Waals surface area contributed by atoms with E-state index in [0.29, 0.717) is 24.5 Å². The lowest BCUT2D eigenvalue weighted by Crippen LogP contribution is -2.43. The van der Waals surface area contributed by atoms with Crippen molar-refractivity contribution in [2.24, 2.45) is 5.92 Å². The number of rotatable bonds is 3. The van der Waals surface area contributed by atoms with Crippen LogP contribution in [0.15, 0.2) is 11.9 Å². The highest BCUT2D eigenvalue weighted by molar-refractivity contribution is 7.59. The van der Waals surface area contributed by atoms with Crippen LogP contribution in [0.4, 0.5) is 0 Å². The Morgan fingerprint density at radius 3 is 2.67 bits per heavy atom. The molecule has 2 rings (SSSR count). The molecule has 0 bridgehead atoms. The third kappa shape index (κ3) is 4.28. The summed E-state index contributed by atoms with van der Waals surface area (Å²) in [5.74, 6) is 2.56. The fourth-order valence-corrected chi connectivity index (χ4v) is 5.74. The first kappa shape index (κ1) is 16.9. The number of nitrogens with zero attached hydrogens (tertiary/aromatic N) is 1. The van der Waals surface area contributed by atoms with Crippen LogP contribution in [0.2, 0.25) is 0 Å². The molecule has 1 saturated carbocycles. The minimum absolute atomic E-state index is 0.0344. The molecular formula is C16H28NO3P. The van der Waals surface area contributed by atoms with Gasteiger partial charge >= 0.3 is 0 Å². The maximum absolute atomic E-state index is 13.2. The summed E-state index contributed by atoms with van der Waals surface area (Å²) in [4.78, 5) is 11.3. The lowest BCUT2D eigenvalue weighted by atomic mass is 10.0. The van der Waals surface area contributed by atoms with Gasteiger partial charge in [-0.2, -0.15) is 0 Å². The number of Topliss-reactive ketones (excluding diaryl/α,β-unsaturated/α-hetero) is 1. The number of hydrogen-bond donors (Lipinski definition) is 0. The van der Waals surface area contributed by atoms with Gasteiger partial charge in [0.15, 0.2) is 0 Å². The zero-order chi connectivity index (χ0) is 15.7. The lowest BCUT2D eigenvalue weighted by Gasteiger charge is -2.44. The highest BCUT2D eigenvalue weighted by Gasteiger charge is 2.41. The van der Waals surface area contributed by atoms with Crippen molar-refractivity contribution in [1.29, 1.82) is 0 Å². The average molecular weight is 313 g/mol. The van der Waals surface area contributed by atoms with E-state index in [-0.39, 0.29) is 11.6 Å². The van der Waals surface area contributed by atoms with Gasteiger partial charge in [0.2, 0.25) is 0 Å². The molecule has 120 valence electrons. The second-order valence-electron chi connectivity index (χ2n) is 7.33. The van der Waals surface area contributed by atoms with Crippen LogP contribution in [0, 0.1) is 5.92 Å². The van der Waals surface area contributed by atoms with Crippen LogP contribution in [0.25, 0.3) is 0 Å². The van der Waals surface area contributed by atoms with Crippen molar-refractivity contribution in [2.75, 3.05) is 6.54 Å². The summed E-state index contributed by atoms with van der Waals surface area (Å²) in [6.07, 6.45) is 6.09. The molecule has 0 amide bonds. The smallest absolute Gasteiger partial charge is 0.295 e. The molecule has 1 aliphatic carbocycles. The van der Waals surface area contributed by atoms with Gasteiger partial charge in [-0.3, -0.25) is 9.36 Å². The second kappa shape index (κ2) is 6.36. The van der Waals surface area contributed by atoms with E-state index < -0.39 is 7.52 Å². The van der Waals surface area contributed by atoms with Crippen molar-refractivity contribution < 1.29 is 13.9 Å². The number of carbonyl (C=O) groups is 1. The number of allylic oxidation sites excluding steroid dienone is 1. The molecule has 2 fully saturated rings. The van der Waals surface area contributed by atoms with E-state index in [1.807, 2.05) is 17.7 Å². The van der Waals surface area contributed by atoms with Crippen molar-refractivity contribution in [3.8, 4) is 0 Å². The normalized spacial score (nSPS) is 35.7. The molecule has 2 aliphatic rings. The molecule has 1 unspecified atom stereocenters. The monoisotopic (exact) mass is 313 g/mol. The number of ketones is 1. The fraction of sp³-hybridized carbons (Fsp3) is 0.812.